The van der Waals surface area contributed by atoms with Gasteiger partial charge in [-0.25, -0.2) is 4.39 Å². The first-order chi connectivity index (χ1) is 9.56. The van der Waals surface area contributed by atoms with Crippen LogP contribution in [-0.2, 0) is 0 Å². The van der Waals surface area contributed by atoms with Crippen LogP contribution in [0.15, 0.2) is 18.2 Å². The van der Waals surface area contributed by atoms with E-state index in [4.69, 9.17) is 5.73 Å². The minimum absolute atomic E-state index is 0.145. The van der Waals surface area contributed by atoms with Gasteiger partial charge in [0.05, 0.1) is 0 Å². The van der Waals surface area contributed by atoms with Crippen molar-refractivity contribution in [3.63, 3.8) is 0 Å². The van der Waals surface area contributed by atoms with Crippen molar-refractivity contribution in [3.8, 4) is 0 Å². The van der Waals surface area contributed by atoms with Crippen LogP contribution >= 0.6 is 0 Å². The molecule has 0 radical (unpaired) electrons. The van der Waals surface area contributed by atoms with Crippen molar-refractivity contribution in [3.05, 3.63) is 29.6 Å². The molecule has 0 saturated carbocycles. The third-order valence-corrected chi connectivity index (χ3v) is 4.31. The molecular weight excluding hydrogens is 253 g/mol. The van der Waals surface area contributed by atoms with E-state index in [0.29, 0.717) is 6.04 Å². The van der Waals surface area contributed by atoms with Crippen molar-refractivity contribution < 1.29 is 4.39 Å². The van der Waals surface area contributed by atoms with E-state index in [0.717, 1.165) is 43.9 Å². The number of benzene rings is 1. The highest BCUT2D eigenvalue weighted by Crippen LogP contribution is 2.30. The van der Waals surface area contributed by atoms with Crippen molar-refractivity contribution in [1.29, 1.82) is 0 Å². The third kappa shape index (κ3) is 3.13. The number of anilines is 1. The van der Waals surface area contributed by atoms with Crippen molar-refractivity contribution in [2.75, 3.05) is 31.1 Å². The summed E-state index contributed by atoms with van der Waals surface area (Å²) in [5.74, 6) is -0.208. The molecular formula is C16H26FN3. The Hall–Kier alpha value is -1.13. The zero-order chi connectivity index (χ0) is 14.7. The summed E-state index contributed by atoms with van der Waals surface area (Å²) in [5.41, 5.74) is 8.00. The van der Waals surface area contributed by atoms with Crippen LogP contribution in [0.4, 0.5) is 10.1 Å². The van der Waals surface area contributed by atoms with Crippen LogP contribution in [0.2, 0.25) is 0 Å². The third-order valence-electron chi connectivity index (χ3n) is 4.31. The highest BCUT2D eigenvalue weighted by Gasteiger charge is 2.27. The number of hydrogen-bond acceptors (Lipinski definition) is 3. The molecule has 1 unspecified atom stereocenters. The lowest BCUT2D eigenvalue weighted by Gasteiger charge is -2.28. The molecule has 2 rings (SSSR count). The van der Waals surface area contributed by atoms with Crippen molar-refractivity contribution >= 4 is 5.69 Å². The van der Waals surface area contributed by atoms with Crippen LogP contribution in [0.25, 0.3) is 0 Å². The second-order valence-corrected chi connectivity index (χ2v) is 5.60. The fourth-order valence-corrected chi connectivity index (χ4v) is 3.18. The summed E-state index contributed by atoms with van der Waals surface area (Å²) in [6.45, 7) is 10.5. The van der Waals surface area contributed by atoms with Crippen LogP contribution in [0.5, 0.6) is 0 Å². The van der Waals surface area contributed by atoms with Crippen molar-refractivity contribution in [1.82, 2.24) is 4.90 Å². The second kappa shape index (κ2) is 6.55. The van der Waals surface area contributed by atoms with Crippen molar-refractivity contribution in [2.45, 2.75) is 39.3 Å². The van der Waals surface area contributed by atoms with Crippen LogP contribution in [0, 0.1) is 5.82 Å². The molecule has 20 heavy (non-hydrogen) atoms. The lowest BCUT2D eigenvalue weighted by molar-refractivity contribution is 0.232. The maximum absolute atomic E-state index is 13.4. The smallest absolute Gasteiger partial charge is 0.123 e. The maximum atomic E-state index is 13.4. The standard InChI is InChI=1S/C16H26FN3/c1-4-19(5-2)14-8-9-20(11-14)16-7-6-13(17)10-15(16)12(3)18/h6-7,10,12,14H,4-5,8-9,11,18H2,1-3H3/t12-,14?/m1/s1. The van der Waals surface area contributed by atoms with E-state index >= 15 is 0 Å². The molecule has 2 atom stereocenters. The molecule has 1 heterocycles. The van der Waals surface area contributed by atoms with Gasteiger partial charge in [-0.15, -0.1) is 0 Å². The molecule has 112 valence electrons. The summed E-state index contributed by atoms with van der Waals surface area (Å²) < 4.78 is 13.4. The van der Waals surface area contributed by atoms with Gasteiger partial charge >= 0.3 is 0 Å². The number of rotatable bonds is 5. The predicted molar refractivity (Wildman–Crippen MR) is 82.5 cm³/mol. The molecule has 2 N–H and O–H groups in total. The summed E-state index contributed by atoms with van der Waals surface area (Å²) in [5, 5.41) is 0. The van der Waals surface area contributed by atoms with Crippen LogP contribution < -0.4 is 10.6 Å². The summed E-state index contributed by atoms with van der Waals surface area (Å²) in [4.78, 5) is 4.84. The molecule has 1 fully saturated rings. The molecule has 0 bridgehead atoms. The maximum Gasteiger partial charge on any atom is 0.123 e. The lowest BCUT2D eigenvalue weighted by atomic mass is 10.1. The minimum Gasteiger partial charge on any atom is -0.370 e. The van der Waals surface area contributed by atoms with Crippen molar-refractivity contribution in [2.24, 2.45) is 5.73 Å². The zero-order valence-electron chi connectivity index (χ0n) is 12.8. The molecule has 0 aromatic heterocycles. The van der Waals surface area contributed by atoms with Gasteiger partial charge < -0.3 is 10.6 Å². The first-order valence-electron chi connectivity index (χ1n) is 7.60. The van der Waals surface area contributed by atoms with E-state index in [9.17, 15) is 4.39 Å². The summed E-state index contributed by atoms with van der Waals surface area (Å²) >= 11 is 0. The number of nitrogens with two attached hydrogens (primary N) is 1. The highest BCUT2D eigenvalue weighted by molar-refractivity contribution is 5.56. The minimum atomic E-state index is -0.208. The van der Waals surface area contributed by atoms with E-state index < -0.39 is 0 Å². The van der Waals surface area contributed by atoms with Crippen LogP contribution in [0.1, 0.15) is 38.8 Å². The first-order valence-corrected chi connectivity index (χ1v) is 7.60. The topological polar surface area (TPSA) is 32.5 Å². The monoisotopic (exact) mass is 279 g/mol. The molecule has 1 aromatic rings. The summed E-state index contributed by atoms with van der Waals surface area (Å²) in [7, 11) is 0. The summed E-state index contributed by atoms with van der Waals surface area (Å²) in [6, 6.07) is 5.43. The molecule has 0 amide bonds. The Balaban J connectivity index is 2.18. The molecule has 1 aromatic carbocycles. The molecule has 0 spiro atoms. The average molecular weight is 279 g/mol. The van der Waals surface area contributed by atoms with Gasteiger partial charge in [-0.1, -0.05) is 13.8 Å². The average Bonchev–Trinajstić information content (AvgIpc) is 2.89. The fraction of sp³-hybridized carbons (Fsp3) is 0.625. The van der Waals surface area contributed by atoms with Gasteiger partial charge in [0.1, 0.15) is 5.82 Å². The molecule has 1 aliphatic heterocycles. The highest BCUT2D eigenvalue weighted by atomic mass is 19.1. The molecule has 1 aliphatic rings. The lowest BCUT2D eigenvalue weighted by Crippen LogP contribution is -2.37. The normalized spacial score (nSPS) is 20.7. The number of hydrogen-bond donors (Lipinski definition) is 1. The number of likely N-dealkylation sites (N-methyl/N-ethyl adjacent to an activating group) is 1. The Morgan fingerprint density at radius 3 is 2.70 bits per heavy atom. The van der Waals surface area contributed by atoms with E-state index in [1.54, 1.807) is 6.07 Å². The fourth-order valence-electron chi connectivity index (χ4n) is 3.18. The first kappa shape index (κ1) is 15.3. The Kier molecular flexibility index (Phi) is 5.00. The Morgan fingerprint density at radius 1 is 1.40 bits per heavy atom. The van der Waals surface area contributed by atoms with E-state index in [1.165, 1.54) is 6.07 Å². The Morgan fingerprint density at radius 2 is 2.10 bits per heavy atom. The van der Waals surface area contributed by atoms with Gasteiger partial charge in [-0.05, 0) is 50.2 Å². The summed E-state index contributed by atoms with van der Waals surface area (Å²) in [6.07, 6.45) is 1.16. The van der Waals surface area contributed by atoms with Gasteiger partial charge in [-0.3, -0.25) is 4.90 Å². The second-order valence-electron chi connectivity index (χ2n) is 5.60. The SMILES string of the molecule is CCN(CC)C1CCN(c2ccc(F)cc2[C@@H](C)N)C1. The molecule has 3 nitrogen and oxygen atoms in total. The molecule has 4 heteroatoms. The van der Waals surface area contributed by atoms with Crippen LogP contribution in [0.3, 0.4) is 0 Å². The van der Waals surface area contributed by atoms with E-state index in [2.05, 4.69) is 23.6 Å². The van der Waals surface area contributed by atoms with Gasteiger partial charge in [0.15, 0.2) is 0 Å². The molecule has 0 aliphatic carbocycles. The number of halogens is 1. The Bertz CT molecular complexity index is 443. The van der Waals surface area contributed by atoms with Crippen LogP contribution in [-0.4, -0.2) is 37.1 Å². The van der Waals surface area contributed by atoms with Gasteiger partial charge in [0.2, 0.25) is 0 Å². The van der Waals surface area contributed by atoms with Gasteiger partial charge in [0, 0.05) is 30.9 Å². The van der Waals surface area contributed by atoms with E-state index in [-0.39, 0.29) is 11.9 Å². The largest absolute Gasteiger partial charge is 0.370 e. The van der Waals surface area contributed by atoms with Gasteiger partial charge in [-0.2, -0.15) is 0 Å². The molecule has 1 saturated heterocycles. The predicted octanol–water partition coefficient (Wildman–Crippen LogP) is 2.77. The van der Waals surface area contributed by atoms with E-state index in [1.807, 2.05) is 13.0 Å². The number of nitrogens with zero attached hydrogens (tertiary/aromatic N) is 2. The zero-order valence-corrected chi connectivity index (χ0v) is 12.8. The van der Waals surface area contributed by atoms with Gasteiger partial charge in [0.25, 0.3) is 0 Å². The quantitative estimate of drug-likeness (QED) is 0.899. The Labute approximate surface area is 121 Å².